The van der Waals surface area contributed by atoms with Gasteiger partial charge >= 0.3 is 0 Å². The zero-order valence-corrected chi connectivity index (χ0v) is 10.9. The van der Waals surface area contributed by atoms with Crippen LogP contribution in [-0.2, 0) is 11.2 Å². The molecule has 1 aliphatic heterocycles. The van der Waals surface area contributed by atoms with E-state index in [2.05, 4.69) is 0 Å². The van der Waals surface area contributed by atoms with E-state index in [0.717, 1.165) is 5.56 Å². The van der Waals surface area contributed by atoms with Crippen molar-refractivity contribution in [3.8, 4) is 0 Å². The maximum Gasteiger partial charge on any atom is 0.227 e. The van der Waals surface area contributed by atoms with Crippen LogP contribution >= 0.6 is 23.2 Å². The molecular weight excluding hydrogens is 261 g/mol. The average Bonchev–Trinajstić information content (AvgIpc) is 2.18. The average molecular weight is 274 g/mol. The predicted molar refractivity (Wildman–Crippen MR) is 67.4 cm³/mol. The molecular formula is C12H13Cl2NO2. The molecule has 2 rings (SSSR count). The molecule has 0 unspecified atom stereocenters. The number of amides is 1. The topological polar surface area (TPSA) is 40.5 Å². The molecule has 92 valence electrons. The summed E-state index contributed by atoms with van der Waals surface area (Å²) in [6, 6.07) is 5.08. The highest BCUT2D eigenvalue weighted by atomic mass is 35.5. The molecule has 1 aromatic carbocycles. The highest BCUT2D eigenvalue weighted by Gasteiger charge is 2.39. The number of hydrogen-bond donors (Lipinski definition) is 1. The number of β-amino-alcohol motifs (C(OH)–C–C–N with tert-alkyl or cyclic N) is 1. The summed E-state index contributed by atoms with van der Waals surface area (Å²) in [5, 5.41) is 10.6. The standard InChI is InChI=1S/C12H13Cl2NO2/c1-12(17)6-15(7-12)11(16)4-8-2-3-9(13)5-10(8)14/h2-3,5,17H,4,6-7H2,1H3. The molecule has 1 fully saturated rings. The monoisotopic (exact) mass is 273 g/mol. The van der Waals surface area contributed by atoms with E-state index in [9.17, 15) is 9.90 Å². The van der Waals surface area contributed by atoms with Crippen LogP contribution < -0.4 is 0 Å². The third-order valence-electron chi connectivity index (χ3n) is 2.77. The lowest BCUT2D eigenvalue weighted by Gasteiger charge is -2.44. The number of halogens is 2. The number of hydrogen-bond acceptors (Lipinski definition) is 2. The fourth-order valence-corrected chi connectivity index (χ4v) is 2.37. The predicted octanol–water partition coefficient (Wildman–Crippen LogP) is 2.13. The first-order valence-electron chi connectivity index (χ1n) is 5.31. The van der Waals surface area contributed by atoms with Crippen LogP contribution in [0.4, 0.5) is 0 Å². The Morgan fingerprint density at radius 2 is 2.12 bits per heavy atom. The molecule has 1 aliphatic rings. The first-order chi connectivity index (χ1) is 7.87. The molecule has 5 heteroatoms. The molecule has 0 spiro atoms. The lowest BCUT2D eigenvalue weighted by atomic mass is 9.96. The van der Waals surface area contributed by atoms with Gasteiger partial charge in [-0.25, -0.2) is 0 Å². The number of carbonyl (C=O) groups is 1. The maximum atomic E-state index is 11.8. The minimum Gasteiger partial charge on any atom is -0.386 e. The van der Waals surface area contributed by atoms with Crippen LogP contribution in [0.2, 0.25) is 10.0 Å². The molecule has 0 aromatic heterocycles. The van der Waals surface area contributed by atoms with E-state index in [0.29, 0.717) is 23.1 Å². The van der Waals surface area contributed by atoms with Crippen molar-refractivity contribution in [2.45, 2.75) is 18.9 Å². The zero-order chi connectivity index (χ0) is 12.6. The van der Waals surface area contributed by atoms with Crippen molar-refractivity contribution in [1.82, 2.24) is 4.90 Å². The van der Waals surface area contributed by atoms with E-state index in [-0.39, 0.29) is 12.3 Å². The molecule has 0 saturated carbocycles. The summed E-state index contributed by atoms with van der Waals surface area (Å²) in [6.07, 6.45) is 0.242. The normalized spacial score (nSPS) is 17.8. The van der Waals surface area contributed by atoms with Crippen LogP contribution in [0.25, 0.3) is 0 Å². The Bertz CT molecular complexity index is 452. The third-order valence-corrected chi connectivity index (χ3v) is 3.36. The summed E-state index contributed by atoms with van der Waals surface area (Å²) >= 11 is 11.8. The van der Waals surface area contributed by atoms with Gasteiger partial charge in [0.15, 0.2) is 0 Å². The van der Waals surface area contributed by atoms with E-state index in [1.54, 1.807) is 30.0 Å². The SMILES string of the molecule is CC1(O)CN(C(=O)Cc2ccc(Cl)cc2Cl)C1. The number of carbonyl (C=O) groups excluding carboxylic acids is 1. The Morgan fingerprint density at radius 3 is 2.65 bits per heavy atom. The molecule has 0 aliphatic carbocycles. The van der Waals surface area contributed by atoms with E-state index < -0.39 is 5.60 Å². The molecule has 0 bridgehead atoms. The minimum atomic E-state index is -0.737. The van der Waals surface area contributed by atoms with Gasteiger partial charge in [-0.1, -0.05) is 29.3 Å². The van der Waals surface area contributed by atoms with Gasteiger partial charge in [0.05, 0.1) is 25.1 Å². The Kier molecular flexibility index (Phi) is 3.34. The lowest BCUT2D eigenvalue weighted by Crippen LogP contribution is -2.62. The van der Waals surface area contributed by atoms with Crippen molar-refractivity contribution in [1.29, 1.82) is 0 Å². The minimum absolute atomic E-state index is 0.0271. The van der Waals surface area contributed by atoms with Gasteiger partial charge in [0, 0.05) is 10.0 Å². The second-order valence-corrected chi connectivity index (χ2v) is 5.50. The largest absolute Gasteiger partial charge is 0.386 e. The van der Waals surface area contributed by atoms with E-state index in [1.165, 1.54) is 0 Å². The maximum absolute atomic E-state index is 11.8. The van der Waals surface area contributed by atoms with Crippen molar-refractivity contribution in [3.05, 3.63) is 33.8 Å². The third kappa shape index (κ3) is 2.92. The fourth-order valence-electron chi connectivity index (χ4n) is 1.89. The first kappa shape index (κ1) is 12.7. The lowest BCUT2D eigenvalue weighted by molar-refractivity contribution is -0.151. The summed E-state index contributed by atoms with van der Waals surface area (Å²) in [5.74, 6) is -0.0271. The van der Waals surface area contributed by atoms with Gasteiger partial charge in [-0.15, -0.1) is 0 Å². The van der Waals surface area contributed by atoms with Crippen molar-refractivity contribution >= 4 is 29.1 Å². The van der Waals surface area contributed by atoms with Gasteiger partial charge in [-0.3, -0.25) is 4.79 Å². The van der Waals surface area contributed by atoms with Crippen LogP contribution in [0, 0.1) is 0 Å². The molecule has 1 amide bonds. The van der Waals surface area contributed by atoms with Gasteiger partial charge in [0.2, 0.25) is 5.91 Å². The summed E-state index contributed by atoms with van der Waals surface area (Å²) < 4.78 is 0. The van der Waals surface area contributed by atoms with Gasteiger partial charge < -0.3 is 10.0 Å². The fraction of sp³-hybridized carbons (Fsp3) is 0.417. The van der Waals surface area contributed by atoms with E-state index in [4.69, 9.17) is 23.2 Å². The Hall–Kier alpha value is -0.770. The summed E-state index contributed by atoms with van der Waals surface area (Å²) in [5.41, 5.74) is 0.0204. The van der Waals surface area contributed by atoms with Crippen molar-refractivity contribution in [2.75, 3.05) is 13.1 Å². The van der Waals surface area contributed by atoms with Gasteiger partial charge in [-0.05, 0) is 24.6 Å². The van der Waals surface area contributed by atoms with Crippen LogP contribution in [0.3, 0.4) is 0 Å². The van der Waals surface area contributed by atoms with Crippen molar-refractivity contribution in [2.24, 2.45) is 0 Å². The smallest absolute Gasteiger partial charge is 0.227 e. The molecule has 3 nitrogen and oxygen atoms in total. The van der Waals surface area contributed by atoms with Crippen LogP contribution in [0.5, 0.6) is 0 Å². The Morgan fingerprint density at radius 1 is 1.47 bits per heavy atom. The van der Waals surface area contributed by atoms with Crippen molar-refractivity contribution < 1.29 is 9.90 Å². The highest BCUT2D eigenvalue weighted by Crippen LogP contribution is 2.24. The number of likely N-dealkylation sites (tertiary alicyclic amines) is 1. The summed E-state index contributed by atoms with van der Waals surface area (Å²) in [7, 11) is 0. The molecule has 1 heterocycles. The molecule has 0 atom stereocenters. The second-order valence-electron chi connectivity index (χ2n) is 4.66. The molecule has 1 aromatic rings. The van der Waals surface area contributed by atoms with Crippen LogP contribution in [0.15, 0.2) is 18.2 Å². The number of benzene rings is 1. The highest BCUT2D eigenvalue weighted by molar-refractivity contribution is 6.35. The number of nitrogens with zero attached hydrogens (tertiary/aromatic N) is 1. The molecule has 17 heavy (non-hydrogen) atoms. The van der Waals surface area contributed by atoms with Gasteiger partial charge in [0.25, 0.3) is 0 Å². The number of aliphatic hydroxyl groups is 1. The molecule has 1 saturated heterocycles. The Labute approximate surface area is 110 Å². The van der Waals surface area contributed by atoms with E-state index >= 15 is 0 Å². The van der Waals surface area contributed by atoms with Crippen LogP contribution in [-0.4, -0.2) is 34.6 Å². The second kappa shape index (κ2) is 4.48. The molecule has 0 radical (unpaired) electrons. The zero-order valence-electron chi connectivity index (χ0n) is 9.41. The van der Waals surface area contributed by atoms with E-state index in [1.807, 2.05) is 0 Å². The van der Waals surface area contributed by atoms with Gasteiger partial charge in [0.1, 0.15) is 0 Å². The van der Waals surface area contributed by atoms with Crippen LogP contribution in [0.1, 0.15) is 12.5 Å². The summed E-state index contributed by atoms with van der Waals surface area (Å²) in [4.78, 5) is 13.5. The van der Waals surface area contributed by atoms with Gasteiger partial charge in [-0.2, -0.15) is 0 Å². The first-order valence-corrected chi connectivity index (χ1v) is 6.07. The number of rotatable bonds is 2. The van der Waals surface area contributed by atoms with Crippen molar-refractivity contribution in [3.63, 3.8) is 0 Å². The quantitative estimate of drug-likeness (QED) is 0.897. The molecule has 1 N–H and O–H groups in total. The summed E-state index contributed by atoms with van der Waals surface area (Å²) in [6.45, 7) is 2.49. The Balaban J connectivity index is 2.00.